The molecule has 1 saturated heterocycles. The van der Waals surface area contributed by atoms with Gasteiger partial charge in [0.2, 0.25) is 0 Å². The van der Waals surface area contributed by atoms with Crippen molar-refractivity contribution < 1.29 is 23.0 Å². The minimum Gasteiger partial charge on any atom is -0.393 e. The lowest BCUT2D eigenvalue weighted by molar-refractivity contribution is -0.178. The van der Waals surface area contributed by atoms with Crippen molar-refractivity contribution in [2.75, 3.05) is 13.2 Å². The van der Waals surface area contributed by atoms with Crippen LogP contribution in [0.15, 0.2) is 24.3 Å². The first-order valence-electron chi connectivity index (χ1n) is 4.90. The van der Waals surface area contributed by atoms with Crippen LogP contribution in [0, 0.1) is 0 Å². The van der Waals surface area contributed by atoms with E-state index in [9.17, 15) is 18.3 Å². The molecule has 0 saturated carbocycles. The number of aliphatic hydroxyl groups excluding tert-OH is 1. The number of alkyl halides is 3. The molecule has 1 aromatic carbocycles. The van der Waals surface area contributed by atoms with Gasteiger partial charge < -0.3 is 9.84 Å². The monoisotopic (exact) mass is 232 g/mol. The summed E-state index contributed by atoms with van der Waals surface area (Å²) in [5, 5.41) is 9.18. The van der Waals surface area contributed by atoms with Gasteiger partial charge in [0.15, 0.2) is 0 Å². The van der Waals surface area contributed by atoms with Gasteiger partial charge in [-0.25, -0.2) is 0 Å². The summed E-state index contributed by atoms with van der Waals surface area (Å²) in [6.07, 6.45) is -3.82. The Bertz CT molecular complexity index is 378. The molecule has 0 amide bonds. The molecule has 2 rings (SSSR count). The summed E-state index contributed by atoms with van der Waals surface area (Å²) in [7, 11) is 0. The zero-order valence-electron chi connectivity index (χ0n) is 8.42. The topological polar surface area (TPSA) is 29.5 Å². The lowest BCUT2D eigenvalue weighted by atomic mass is 9.86. The van der Waals surface area contributed by atoms with Crippen LogP contribution in [-0.2, 0) is 16.5 Å². The normalized spacial score (nSPS) is 25.2. The maximum Gasteiger partial charge on any atom is 0.416 e. The van der Waals surface area contributed by atoms with Crippen molar-refractivity contribution in [1.29, 1.82) is 0 Å². The van der Waals surface area contributed by atoms with Crippen LogP contribution >= 0.6 is 0 Å². The number of benzene rings is 1. The third-order valence-electron chi connectivity index (χ3n) is 2.86. The number of rotatable bonds is 2. The molecular formula is C11H11F3O2. The van der Waals surface area contributed by atoms with Crippen molar-refractivity contribution >= 4 is 0 Å². The Morgan fingerprint density at radius 2 is 2.06 bits per heavy atom. The molecule has 16 heavy (non-hydrogen) atoms. The average Bonchev–Trinajstić information content (AvgIpc) is 2.16. The highest BCUT2D eigenvalue weighted by atomic mass is 19.4. The zero-order chi connectivity index (χ0) is 11.8. The third-order valence-corrected chi connectivity index (χ3v) is 2.86. The first kappa shape index (κ1) is 11.4. The van der Waals surface area contributed by atoms with E-state index in [4.69, 9.17) is 4.74 Å². The van der Waals surface area contributed by atoms with Crippen molar-refractivity contribution in [3.05, 3.63) is 35.4 Å². The Hall–Kier alpha value is -1.07. The smallest absolute Gasteiger partial charge is 0.393 e. The highest BCUT2D eigenvalue weighted by molar-refractivity contribution is 5.31. The number of hydrogen-bond donors (Lipinski definition) is 1. The van der Waals surface area contributed by atoms with Gasteiger partial charge >= 0.3 is 6.18 Å². The second-order valence-corrected chi connectivity index (χ2v) is 3.83. The molecule has 1 aromatic rings. The first-order valence-corrected chi connectivity index (χ1v) is 4.90. The SMILES string of the molecule is OCC1(c2cccc(C(F)(F)F)c2)CCO1. The molecule has 1 atom stereocenters. The van der Waals surface area contributed by atoms with Gasteiger partial charge in [-0.1, -0.05) is 12.1 Å². The van der Waals surface area contributed by atoms with Crippen molar-refractivity contribution in [2.24, 2.45) is 0 Å². The van der Waals surface area contributed by atoms with Crippen LogP contribution in [0.25, 0.3) is 0 Å². The van der Waals surface area contributed by atoms with E-state index in [0.29, 0.717) is 18.6 Å². The van der Waals surface area contributed by atoms with Gasteiger partial charge in [0.05, 0.1) is 18.8 Å². The quantitative estimate of drug-likeness (QED) is 0.847. The van der Waals surface area contributed by atoms with E-state index < -0.39 is 17.3 Å². The molecule has 1 fully saturated rings. The Kier molecular flexibility index (Phi) is 2.67. The van der Waals surface area contributed by atoms with Gasteiger partial charge in [-0.05, 0) is 17.7 Å². The molecule has 0 radical (unpaired) electrons. The second-order valence-electron chi connectivity index (χ2n) is 3.83. The van der Waals surface area contributed by atoms with Gasteiger partial charge in [0.1, 0.15) is 5.60 Å². The van der Waals surface area contributed by atoms with Gasteiger partial charge in [-0.2, -0.15) is 13.2 Å². The zero-order valence-corrected chi connectivity index (χ0v) is 8.42. The molecule has 1 N–H and O–H groups in total. The fraction of sp³-hybridized carbons (Fsp3) is 0.455. The lowest BCUT2D eigenvalue weighted by Gasteiger charge is -2.41. The average molecular weight is 232 g/mol. The second kappa shape index (κ2) is 3.75. The number of halogens is 3. The summed E-state index contributed by atoms with van der Waals surface area (Å²) in [5.41, 5.74) is -1.26. The van der Waals surface area contributed by atoms with Crippen LogP contribution in [-0.4, -0.2) is 18.3 Å². The maximum absolute atomic E-state index is 12.5. The van der Waals surface area contributed by atoms with E-state index in [1.54, 1.807) is 6.07 Å². The van der Waals surface area contributed by atoms with E-state index in [1.165, 1.54) is 6.07 Å². The van der Waals surface area contributed by atoms with Gasteiger partial charge in [-0.3, -0.25) is 0 Å². The standard InChI is InChI=1S/C11H11F3O2/c12-11(13,14)9-3-1-2-8(6-9)10(7-15)4-5-16-10/h1-3,6,15H,4-5,7H2. The van der Waals surface area contributed by atoms with E-state index in [0.717, 1.165) is 12.1 Å². The summed E-state index contributed by atoms with van der Waals surface area (Å²) in [4.78, 5) is 0. The highest BCUT2D eigenvalue weighted by Gasteiger charge is 2.41. The molecule has 0 aliphatic carbocycles. The molecular weight excluding hydrogens is 221 g/mol. The van der Waals surface area contributed by atoms with Crippen molar-refractivity contribution in [3.8, 4) is 0 Å². The molecule has 0 bridgehead atoms. The molecule has 88 valence electrons. The van der Waals surface area contributed by atoms with E-state index in [-0.39, 0.29) is 6.61 Å². The van der Waals surface area contributed by atoms with E-state index >= 15 is 0 Å². The van der Waals surface area contributed by atoms with Crippen molar-refractivity contribution in [2.45, 2.75) is 18.2 Å². The number of hydrogen-bond acceptors (Lipinski definition) is 2. The molecule has 5 heteroatoms. The van der Waals surface area contributed by atoms with Gasteiger partial charge in [0.25, 0.3) is 0 Å². The molecule has 0 spiro atoms. The highest BCUT2D eigenvalue weighted by Crippen LogP contribution is 2.39. The summed E-state index contributed by atoms with van der Waals surface area (Å²) < 4.78 is 42.6. The maximum atomic E-state index is 12.5. The summed E-state index contributed by atoms with van der Waals surface area (Å²) in [5.74, 6) is 0. The van der Waals surface area contributed by atoms with Crippen LogP contribution in [0.2, 0.25) is 0 Å². The minimum atomic E-state index is -4.36. The predicted molar refractivity (Wildman–Crippen MR) is 50.8 cm³/mol. The first-order chi connectivity index (χ1) is 7.48. The summed E-state index contributed by atoms with van der Waals surface area (Å²) in [6.45, 7) is 0.172. The third kappa shape index (κ3) is 1.81. The van der Waals surface area contributed by atoms with Crippen LogP contribution in [0.1, 0.15) is 17.5 Å². The van der Waals surface area contributed by atoms with E-state index in [2.05, 4.69) is 0 Å². The fourth-order valence-electron chi connectivity index (χ4n) is 1.77. The molecule has 1 aliphatic heterocycles. The molecule has 1 heterocycles. The minimum absolute atomic E-state index is 0.297. The molecule has 2 nitrogen and oxygen atoms in total. The van der Waals surface area contributed by atoms with Crippen LogP contribution in [0.4, 0.5) is 13.2 Å². The van der Waals surface area contributed by atoms with Gasteiger partial charge in [-0.15, -0.1) is 0 Å². The largest absolute Gasteiger partial charge is 0.416 e. The number of ether oxygens (including phenoxy) is 1. The Balaban J connectivity index is 2.36. The number of aliphatic hydroxyl groups is 1. The predicted octanol–water partition coefficient (Wildman–Crippen LogP) is 2.31. The van der Waals surface area contributed by atoms with Crippen LogP contribution in [0.3, 0.4) is 0 Å². The fourth-order valence-corrected chi connectivity index (χ4v) is 1.77. The Labute approximate surface area is 90.7 Å². The molecule has 1 aliphatic rings. The summed E-state index contributed by atoms with van der Waals surface area (Å²) in [6, 6.07) is 4.92. The van der Waals surface area contributed by atoms with Crippen LogP contribution in [0.5, 0.6) is 0 Å². The molecule has 0 aromatic heterocycles. The summed E-state index contributed by atoms with van der Waals surface area (Å²) >= 11 is 0. The van der Waals surface area contributed by atoms with Crippen molar-refractivity contribution in [1.82, 2.24) is 0 Å². The van der Waals surface area contributed by atoms with E-state index in [1.807, 2.05) is 0 Å². The molecule has 1 unspecified atom stereocenters. The van der Waals surface area contributed by atoms with Crippen molar-refractivity contribution in [3.63, 3.8) is 0 Å². The van der Waals surface area contributed by atoms with Gasteiger partial charge in [0, 0.05) is 6.42 Å². The lowest BCUT2D eigenvalue weighted by Crippen LogP contribution is -2.44. The van der Waals surface area contributed by atoms with Crippen LogP contribution < -0.4 is 0 Å². The Morgan fingerprint density at radius 1 is 1.38 bits per heavy atom. The Morgan fingerprint density at radius 3 is 2.50 bits per heavy atom.